The van der Waals surface area contributed by atoms with Crippen LogP contribution in [0.5, 0.6) is 0 Å². The third kappa shape index (κ3) is 5.58. The predicted molar refractivity (Wildman–Crippen MR) is 135 cm³/mol. The molecule has 2 N–H and O–H groups in total. The molecule has 35 heavy (non-hydrogen) atoms. The number of nitrogens with one attached hydrogen (secondary N) is 2. The number of carbonyl (C=O) groups excluding carboxylic acids is 1. The van der Waals surface area contributed by atoms with E-state index in [1.165, 1.54) is 0 Å². The minimum absolute atomic E-state index is 0.251. The Morgan fingerprint density at radius 1 is 1.00 bits per heavy atom. The largest absolute Gasteiger partial charge is 0.338 e. The Morgan fingerprint density at radius 3 is 2.51 bits per heavy atom. The maximum atomic E-state index is 13.3. The molecule has 1 atom stereocenters. The van der Waals surface area contributed by atoms with Crippen molar-refractivity contribution < 1.29 is 4.79 Å². The van der Waals surface area contributed by atoms with E-state index in [0.29, 0.717) is 36.8 Å². The average Bonchev–Trinajstić information content (AvgIpc) is 2.90. The highest BCUT2D eigenvalue weighted by Gasteiger charge is 2.33. The maximum Gasteiger partial charge on any atom is 0.322 e. The van der Waals surface area contributed by atoms with Gasteiger partial charge >= 0.3 is 6.03 Å². The molecule has 1 saturated heterocycles. The third-order valence-electron chi connectivity index (χ3n) is 5.88. The molecule has 3 aromatic carbocycles. The summed E-state index contributed by atoms with van der Waals surface area (Å²) in [6.45, 7) is 3.34. The fraction of sp³-hybridized carbons (Fsp3) is 0.185. The van der Waals surface area contributed by atoms with E-state index in [4.69, 9.17) is 10.3 Å². The van der Waals surface area contributed by atoms with Crippen LogP contribution in [0, 0.1) is 29.7 Å². The molecule has 0 saturated carbocycles. The van der Waals surface area contributed by atoms with Crippen molar-refractivity contribution in [3.8, 4) is 12.3 Å². The second kappa shape index (κ2) is 10.9. The molecule has 0 spiro atoms. The van der Waals surface area contributed by atoms with Crippen LogP contribution in [0.2, 0.25) is 0 Å². The van der Waals surface area contributed by atoms with Crippen molar-refractivity contribution in [2.45, 2.75) is 13.0 Å². The Balaban J connectivity index is 1.61. The van der Waals surface area contributed by atoms with Crippen LogP contribution in [-0.2, 0) is 0 Å². The van der Waals surface area contributed by atoms with Gasteiger partial charge in [0.05, 0.1) is 23.4 Å². The molecule has 8 nitrogen and oxygen atoms in total. The van der Waals surface area contributed by atoms with Gasteiger partial charge in [0.1, 0.15) is 0 Å². The van der Waals surface area contributed by atoms with E-state index >= 15 is 0 Å². The minimum atomic E-state index is -0.272. The average molecular weight is 464 g/mol. The SMILES string of the molecule is Cc1ccccc1N=C(NC#N)N1CCN(C(=O)Nc2cccc(C#N)c2)C(c2ccccc2)C1. The Labute approximate surface area is 204 Å². The summed E-state index contributed by atoms with van der Waals surface area (Å²) in [5.41, 5.74) is 3.80. The molecule has 0 aromatic heterocycles. The Bertz CT molecular complexity index is 1310. The fourth-order valence-electron chi connectivity index (χ4n) is 4.07. The van der Waals surface area contributed by atoms with Crippen molar-refractivity contribution in [3.05, 3.63) is 95.6 Å². The molecule has 0 aliphatic carbocycles. The van der Waals surface area contributed by atoms with E-state index < -0.39 is 0 Å². The number of aryl methyl sites for hydroxylation is 1. The van der Waals surface area contributed by atoms with Gasteiger partial charge in [-0.05, 0) is 42.3 Å². The van der Waals surface area contributed by atoms with Crippen molar-refractivity contribution in [1.82, 2.24) is 15.1 Å². The van der Waals surface area contributed by atoms with Gasteiger partial charge in [0.15, 0.2) is 6.19 Å². The highest BCUT2D eigenvalue weighted by atomic mass is 16.2. The first kappa shape index (κ1) is 23.3. The molecular formula is C27H25N7O. The lowest BCUT2D eigenvalue weighted by atomic mass is 10.0. The number of amides is 2. The Kier molecular flexibility index (Phi) is 7.25. The number of piperazine rings is 1. The van der Waals surface area contributed by atoms with Gasteiger partial charge in [-0.3, -0.25) is 5.32 Å². The predicted octanol–water partition coefficient (Wildman–Crippen LogP) is 4.52. The number of benzene rings is 3. The number of hydrogen-bond donors (Lipinski definition) is 2. The van der Waals surface area contributed by atoms with Crippen LogP contribution < -0.4 is 10.6 Å². The minimum Gasteiger partial charge on any atom is -0.338 e. The van der Waals surface area contributed by atoms with E-state index in [-0.39, 0.29) is 12.1 Å². The molecule has 4 rings (SSSR count). The standard InChI is InChI=1S/C27H25N7O/c1-20-8-5-6-13-24(20)32-26(30-19-29)33-14-15-34(25(18-33)22-10-3-2-4-11-22)27(35)31-23-12-7-9-21(16-23)17-28/h2-13,16,25H,14-15,18H2,1H3,(H,30,32)(H,31,35). The van der Waals surface area contributed by atoms with E-state index in [1.807, 2.05) is 72.6 Å². The normalized spacial score (nSPS) is 15.6. The number of nitrogens with zero attached hydrogens (tertiary/aromatic N) is 5. The van der Waals surface area contributed by atoms with Gasteiger partial charge in [-0.2, -0.15) is 10.5 Å². The first-order valence-corrected chi connectivity index (χ1v) is 11.3. The molecule has 8 heteroatoms. The number of nitriles is 2. The first-order valence-electron chi connectivity index (χ1n) is 11.3. The summed E-state index contributed by atoms with van der Waals surface area (Å²) in [7, 11) is 0. The van der Waals surface area contributed by atoms with Crippen molar-refractivity contribution in [2.24, 2.45) is 4.99 Å². The summed E-state index contributed by atoms with van der Waals surface area (Å²) >= 11 is 0. The third-order valence-corrected chi connectivity index (χ3v) is 5.88. The van der Waals surface area contributed by atoms with Gasteiger partial charge in [-0.25, -0.2) is 9.79 Å². The summed E-state index contributed by atoms with van der Waals surface area (Å²) in [5.74, 6) is 0.449. The molecule has 1 fully saturated rings. The molecule has 3 aromatic rings. The fourth-order valence-corrected chi connectivity index (χ4v) is 4.07. The topological polar surface area (TPSA) is 108 Å². The Hall–Kier alpha value is -4.82. The Morgan fingerprint density at radius 2 is 1.77 bits per heavy atom. The van der Waals surface area contributed by atoms with Crippen LogP contribution in [0.15, 0.2) is 83.9 Å². The van der Waals surface area contributed by atoms with Gasteiger partial charge in [-0.1, -0.05) is 54.6 Å². The number of anilines is 1. The highest BCUT2D eigenvalue weighted by Crippen LogP contribution is 2.27. The number of guanidine groups is 1. The lowest BCUT2D eigenvalue weighted by Gasteiger charge is -2.42. The molecule has 1 unspecified atom stereocenters. The smallest absolute Gasteiger partial charge is 0.322 e. The quantitative estimate of drug-likeness (QED) is 0.257. The molecule has 1 heterocycles. The zero-order valence-corrected chi connectivity index (χ0v) is 19.3. The number of carbonyl (C=O) groups is 1. The number of rotatable bonds is 3. The highest BCUT2D eigenvalue weighted by molar-refractivity contribution is 5.90. The van der Waals surface area contributed by atoms with Gasteiger partial charge < -0.3 is 15.1 Å². The summed E-state index contributed by atoms with van der Waals surface area (Å²) in [5, 5.41) is 24.2. The van der Waals surface area contributed by atoms with Crippen LogP contribution in [0.25, 0.3) is 0 Å². The van der Waals surface area contributed by atoms with E-state index in [0.717, 1.165) is 16.8 Å². The lowest BCUT2D eigenvalue weighted by Crippen LogP contribution is -2.55. The van der Waals surface area contributed by atoms with E-state index in [9.17, 15) is 10.1 Å². The van der Waals surface area contributed by atoms with Gasteiger partial charge in [-0.15, -0.1) is 0 Å². The van der Waals surface area contributed by atoms with Crippen LogP contribution in [0.3, 0.4) is 0 Å². The van der Waals surface area contributed by atoms with Crippen molar-refractivity contribution in [1.29, 1.82) is 10.5 Å². The molecule has 0 bridgehead atoms. The molecular weight excluding hydrogens is 438 g/mol. The molecule has 174 valence electrons. The molecule has 2 amide bonds. The number of aliphatic imine (C=N–C) groups is 1. The van der Waals surface area contributed by atoms with Gasteiger partial charge in [0.25, 0.3) is 0 Å². The van der Waals surface area contributed by atoms with Gasteiger partial charge in [0, 0.05) is 25.3 Å². The van der Waals surface area contributed by atoms with Crippen LogP contribution in [-0.4, -0.2) is 41.4 Å². The summed E-state index contributed by atoms with van der Waals surface area (Å²) in [6.07, 6.45) is 2.00. The summed E-state index contributed by atoms with van der Waals surface area (Å²) in [4.78, 5) is 21.8. The van der Waals surface area contributed by atoms with Crippen molar-refractivity contribution >= 4 is 23.4 Å². The van der Waals surface area contributed by atoms with Crippen LogP contribution in [0.4, 0.5) is 16.2 Å². The number of para-hydroxylation sites is 1. The van der Waals surface area contributed by atoms with Crippen LogP contribution in [0.1, 0.15) is 22.7 Å². The monoisotopic (exact) mass is 463 g/mol. The van der Waals surface area contributed by atoms with E-state index in [1.54, 1.807) is 29.2 Å². The number of hydrogen-bond acceptors (Lipinski definition) is 4. The second-order valence-electron chi connectivity index (χ2n) is 8.15. The number of urea groups is 1. The van der Waals surface area contributed by atoms with Crippen LogP contribution >= 0.6 is 0 Å². The zero-order valence-electron chi connectivity index (χ0n) is 19.3. The summed E-state index contributed by atoms with van der Waals surface area (Å²) < 4.78 is 0. The zero-order chi connectivity index (χ0) is 24.6. The molecule has 1 aliphatic heterocycles. The van der Waals surface area contributed by atoms with E-state index in [2.05, 4.69) is 16.7 Å². The molecule has 1 aliphatic rings. The lowest BCUT2D eigenvalue weighted by molar-refractivity contribution is 0.135. The second-order valence-corrected chi connectivity index (χ2v) is 8.15. The molecule has 0 radical (unpaired) electrons. The van der Waals surface area contributed by atoms with Crippen molar-refractivity contribution in [2.75, 3.05) is 25.0 Å². The summed E-state index contributed by atoms with van der Waals surface area (Å²) in [6, 6.07) is 25.9. The van der Waals surface area contributed by atoms with Gasteiger partial charge in [0.2, 0.25) is 5.96 Å². The maximum absolute atomic E-state index is 13.3. The first-order chi connectivity index (χ1) is 17.1. The van der Waals surface area contributed by atoms with Crippen molar-refractivity contribution in [3.63, 3.8) is 0 Å².